The third-order valence-corrected chi connectivity index (χ3v) is 5.70. The lowest BCUT2D eigenvalue weighted by molar-refractivity contribution is -0.123. The van der Waals surface area contributed by atoms with Crippen molar-refractivity contribution in [2.75, 3.05) is 5.32 Å². The van der Waals surface area contributed by atoms with Crippen molar-refractivity contribution in [2.24, 2.45) is 7.05 Å². The van der Waals surface area contributed by atoms with Gasteiger partial charge in [0.25, 0.3) is 11.5 Å². The molecule has 0 aliphatic rings. The number of hydrogen-bond acceptors (Lipinski definition) is 5. The van der Waals surface area contributed by atoms with Gasteiger partial charge in [-0.05, 0) is 54.6 Å². The summed E-state index contributed by atoms with van der Waals surface area (Å²) in [4.78, 5) is 43.1. The second-order valence-electron chi connectivity index (χ2n) is 7.90. The van der Waals surface area contributed by atoms with Crippen LogP contribution in [0.5, 0.6) is 0 Å². The number of rotatable bonds is 5. The molecule has 0 saturated heterocycles. The molecule has 1 unspecified atom stereocenters. The summed E-state index contributed by atoms with van der Waals surface area (Å²) >= 11 is 6.06. The molecule has 0 aliphatic heterocycles. The van der Waals surface area contributed by atoms with Crippen LogP contribution in [0, 0.1) is 6.92 Å². The normalized spacial score (nSPS) is 11.8. The molecule has 4 rings (SSSR count). The molecule has 34 heavy (non-hydrogen) atoms. The highest BCUT2D eigenvalue weighted by Gasteiger charge is 2.26. The summed E-state index contributed by atoms with van der Waals surface area (Å²) in [6, 6.07) is 17.4. The number of ether oxygens (including phenoxy) is 1. The van der Waals surface area contributed by atoms with Crippen LogP contribution < -0.4 is 10.9 Å². The van der Waals surface area contributed by atoms with Crippen molar-refractivity contribution in [3.8, 4) is 11.1 Å². The number of anilines is 1. The van der Waals surface area contributed by atoms with Crippen molar-refractivity contribution < 1.29 is 14.3 Å². The molecule has 1 atom stereocenters. The highest BCUT2D eigenvalue weighted by Crippen LogP contribution is 2.32. The van der Waals surface area contributed by atoms with E-state index in [0.717, 1.165) is 5.56 Å². The number of carbonyl (C=O) groups excluding carboxylic acids is 2. The Morgan fingerprint density at radius 1 is 1.03 bits per heavy atom. The number of pyridine rings is 2. The third kappa shape index (κ3) is 4.56. The zero-order chi connectivity index (χ0) is 24.4. The van der Waals surface area contributed by atoms with E-state index in [1.165, 1.54) is 18.5 Å². The van der Waals surface area contributed by atoms with Crippen molar-refractivity contribution in [3.05, 3.63) is 93.5 Å². The van der Waals surface area contributed by atoms with Gasteiger partial charge in [0.2, 0.25) is 0 Å². The molecule has 0 bridgehead atoms. The second-order valence-corrected chi connectivity index (χ2v) is 8.33. The summed E-state index contributed by atoms with van der Waals surface area (Å²) in [5.74, 6) is -0.989. The van der Waals surface area contributed by atoms with Crippen LogP contribution in [0.4, 0.5) is 5.82 Å². The Morgan fingerprint density at radius 3 is 2.35 bits per heavy atom. The average Bonchev–Trinajstić information content (AvgIpc) is 2.83. The average molecular weight is 476 g/mol. The van der Waals surface area contributed by atoms with Crippen molar-refractivity contribution >= 4 is 40.1 Å². The zero-order valence-electron chi connectivity index (χ0n) is 18.8. The molecule has 0 aliphatic carbocycles. The summed E-state index contributed by atoms with van der Waals surface area (Å²) in [7, 11) is 1.51. The first-order chi connectivity index (χ1) is 16.3. The van der Waals surface area contributed by atoms with E-state index >= 15 is 0 Å². The van der Waals surface area contributed by atoms with Gasteiger partial charge in [-0.2, -0.15) is 0 Å². The van der Waals surface area contributed by atoms with Gasteiger partial charge in [0.1, 0.15) is 11.5 Å². The molecule has 172 valence electrons. The molecule has 0 saturated carbocycles. The van der Waals surface area contributed by atoms with E-state index in [1.54, 1.807) is 60.8 Å². The Balaban J connectivity index is 1.73. The van der Waals surface area contributed by atoms with E-state index in [9.17, 15) is 14.4 Å². The minimum atomic E-state index is -1.13. The predicted octanol–water partition coefficient (Wildman–Crippen LogP) is 4.75. The maximum Gasteiger partial charge on any atom is 0.356 e. The van der Waals surface area contributed by atoms with Crippen molar-refractivity contribution in [1.29, 1.82) is 0 Å². The van der Waals surface area contributed by atoms with Crippen molar-refractivity contribution in [2.45, 2.75) is 20.0 Å². The topological polar surface area (TPSA) is 90.3 Å². The number of nitrogens with one attached hydrogen (secondary N) is 1. The number of esters is 1. The molecule has 0 radical (unpaired) electrons. The van der Waals surface area contributed by atoms with Crippen LogP contribution in [0.15, 0.2) is 71.7 Å². The van der Waals surface area contributed by atoms with E-state index in [2.05, 4.69) is 10.3 Å². The monoisotopic (exact) mass is 475 g/mol. The summed E-state index contributed by atoms with van der Waals surface area (Å²) in [5, 5.41) is 4.22. The minimum Gasteiger partial charge on any atom is -0.448 e. The Kier molecular flexibility index (Phi) is 6.47. The van der Waals surface area contributed by atoms with Gasteiger partial charge < -0.3 is 14.6 Å². The Labute approximate surface area is 201 Å². The quantitative estimate of drug-likeness (QED) is 0.421. The number of aryl methyl sites for hydroxylation is 1. The van der Waals surface area contributed by atoms with Gasteiger partial charge in [0.05, 0.1) is 0 Å². The van der Waals surface area contributed by atoms with Gasteiger partial charge in [-0.1, -0.05) is 48.0 Å². The van der Waals surface area contributed by atoms with Gasteiger partial charge >= 0.3 is 5.97 Å². The molecule has 7 nitrogen and oxygen atoms in total. The molecule has 0 spiro atoms. The minimum absolute atomic E-state index is 0.0409. The highest BCUT2D eigenvalue weighted by atomic mass is 35.5. The number of amides is 1. The van der Waals surface area contributed by atoms with Crippen LogP contribution in [0.25, 0.3) is 21.9 Å². The molecule has 2 heterocycles. The Hall–Kier alpha value is -3.97. The van der Waals surface area contributed by atoms with Gasteiger partial charge in [0, 0.05) is 29.2 Å². The van der Waals surface area contributed by atoms with Crippen LogP contribution in [-0.2, 0) is 16.6 Å². The zero-order valence-corrected chi connectivity index (χ0v) is 19.6. The van der Waals surface area contributed by atoms with Crippen molar-refractivity contribution in [3.63, 3.8) is 0 Å². The van der Waals surface area contributed by atoms with Crippen LogP contribution in [0.2, 0.25) is 5.02 Å². The smallest absolute Gasteiger partial charge is 0.356 e. The lowest BCUT2D eigenvalue weighted by Crippen LogP contribution is -2.33. The van der Waals surface area contributed by atoms with E-state index in [4.69, 9.17) is 16.3 Å². The molecule has 2 aromatic carbocycles. The van der Waals surface area contributed by atoms with Gasteiger partial charge in [-0.25, -0.2) is 9.78 Å². The number of hydrogen-bond donors (Lipinski definition) is 1. The maximum absolute atomic E-state index is 13.3. The van der Waals surface area contributed by atoms with E-state index < -0.39 is 18.0 Å². The predicted molar refractivity (Wildman–Crippen MR) is 132 cm³/mol. The summed E-state index contributed by atoms with van der Waals surface area (Å²) in [6.07, 6.45) is 0.491. The number of nitrogens with zero attached hydrogens (tertiary/aromatic N) is 2. The fraction of sp³-hybridized carbons (Fsp3) is 0.154. The second kappa shape index (κ2) is 9.49. The fourth-order valence-electron chi connectivity index (χ4n) is 3.65. The first kappa shape index (κ1) is 23.2. The highest BCUT2D eigenvalue weighted by molar-refractivity contribution is 6.30. The molecule has 1 N–H and O–H groups in total. The molecular weight excluding hydrogens is 454 g/mol. The molecule has 2 aromatic heterocycles. The van der Waals surface area contributed by atoms with Crippen LogP contribution in [0.1, 0.15) is 23.0 Å². The van der Waals surface area contributed by atoms with Crippen LogP contribution in [0.3, 0.4) is 0 Å². The lowest BCUT2D eigenvalue weighted by Gasteiger charge is -2.19. The van der Waals surface area contributed by atoms with Gasteiger partial charge in [-0.3, -0.25) is 9.59 Å². The van der Waals surface area contributed by atoms with Crippen molar-refractivity contribution in [1.82, 2.24) is 9.55 Å². The maximum atomic E-state index is 13.3. The first-order valence-corrected chi connectivity index (χ1v) is 11.0. The van der Waals surface area contributed by atoms with Gasteiger partial charge in [-0.15, -0.1) is 0 Å². The van der Waals surface area contributed by atoms with Gasteiger partial charge in [0.15, 0.2) is 6.10 Å². The Morgan fingerprint density at radius 2 is 1.71 bits per heavy atom. The lowest BCUT2D eigenvalue weighted by atomic mass is 9.96. The number of halogens is 1. The summed E-state index contributed by atoms with van der Waals surface area (Å²) in [6.45, 7) is 3.34. The standard InChI is InChI=1S/C26H22ClN3O4/c1-15-8-13-21(28-14-15)29-24(31)16(2)34-26(33)23-22(17-9-11-18(27)12-10-17)19-6-4-5-7-20(19)25(32)30(23)3/h4-14,16H,1-3H3,(H,28,29,31). The molecule has 0 fully saturated rings. The molecule has 1 amide bonds. The summed E-state index contributed by atoms with van der Waals surface area (Å²) < 4.78 is 6.75. The third-order valence-electron chi connectivity index (χ3n) is 5.45. The van der Waals surface area contributed by atoms with E-state index in [1.807, 2.05) is 13.0 Å². The fourth-order valence-corrected chi connectivity index (χ4v) is 3.78. The first-order valence-electron chi connectivity index (χ1n) is 10.6. The number of aromatic nitrogens is 2. The number of benzene rings is 2. The van der Waals surface area contributed by atoms with E-state index in [0.29, 0.717) is 32.7 Å². The van der Waals surface area contributed by atoms with E-state index in [-0.39, 0.29) is 11.3 Å². The van der Waals surface area contributed by atoms with Crippen LogP contribution in [-0.4, -0.2) is 27.5 Å². The largest absolute Gasteiger partial charge is 0.448 e. The number of carbonyl (C=O) groups is 2. The molecule has 4 aromatic rings. The number of fused-ring (bicyclic) bond motifs is 1. The molecular formula is C26H22ClN3O4. The molecule has 8 heteroatoms. The summed E-state index contributed by atoms with van der Waals surface area (Å²) in [5.41, 5.74) is 1.85. The Bertz CT molecular complexity index is 1440. The van der Waals surface area contributed by atoms with Crippen LogP contribution >= 0.6 is 11.6 Å². The SMILES string of the molecule is Cc1ccc(NC(=O)C(C)OC(=O)c2c(-c3ccc(Cl)cc3)c3ccccc3c(=O)n2C)nc1.